The SMILES string of the molecule is COc1ccc(OC)c([C@@H](O)Cn2ccn3nc(-c4ccc(C(C)C)cc4)cc3c2=O)c1. The lowest BCUT2D eigenvalue weighted by Gasteiger charge is -2.17. The number of hydrogen-bond donors (Lipinski definition) is 1. The van der Waals surface area contributed by atoms with E-state index < -0.39 is 6.10 Å². The van der Waals surface area contributed by atoms with Gasteiger partial charge in [-0.05, 0) is 35.7 Å². The molecule has 4 rings (SSSR count). The molecule has 0 aliphatic heterocycles. The number of aliphatic hydroxyl groups excluding tert-OH is 1. The molecule has 7 nitrogen and oxygen atoms in total. The van der Waals surface area contributed by atoms with E-state index in [4.69, 9.17) is 9.47 Å². The van der Waals surface area contributed by atoms with Crippen LogP contribution in [0.1, 0.15) is 37.0 Å². The highest BCUT2D eigenvalue weighted by Gasteiger charge is 2.17. The second-order valence-corrected chi connectivity index (χ2v) is 8.02. The van der Waals surface area contributed by atoms with Crippen molar-refractivity contribution in [2.75, 3.05) is 14.2 Å². The van der Waals surface area contributed by atoms with E-state index in [0.717, 1.165) is 11.3 Å². The fraction of sp³-hybridized carbons (Fsp3) is 0.280. The van der Waals surface area contributed by atoms with Crippen molar-refractivity contribution in [3.8, 4) is 22.8 Å². The van der Waals surface area contributed by atoms with Crippen LogP contribution in [0.2, 0.25) is 0 Å². The zero-order valence-electron chi connectivity index (χ0n) is 18.6. The van der Waals surface area contributed by atoms with E-state index in [1.165, 1.54) is 17.2 Å². The van der Waals surface area contributed by atoms with Gasteiger partial charge >= 0.3 is 0 Å². The smallest absolute Gasteiger partial charge is 0.276 e. The molecule has 0 saturated heterocycles. The van der Waals surface area contributed by atoms with Crippen LogP contribution in [0.25, 0.3) is 16.8 Å². The van der Waals surface area contributed by atoms with E-state index in [2.05, 4.69) is 31.1 Å². The van der Waals surface area contributed by atoms with Crippen LogP contribution in [0.5, 0.6) is 11.5 Å². The standard InChI is InChI=1S/C25H27N3O4/c1-16(2)17-5-7-18(8-6-17)21-14-22-25(30)27(11-12-28(22)26-21)15-23(29)20-13-19(31-3)9-10-24(20)32-4/h5-14,16,23,29H,15H2,1-4H3/t23-/m0/s1. The molecule has 1 N–H and O–H groups in total. The molecule has 166 valence electrons. The van der Waals surface area contributed by atoms with Crippen LogP contribution in [0, 0.1) is 0 Å². The predicted molar refractivity (Wildman–Crippen MR) is 123 cm³/mol. The van der Waals surface area contributed by atoms with E-state index in [-0.39, 0.29) is 12.1 Å². The van der Waals surface area contributed by atoms with Gasteiger partial charge in [0.15, 0.2) is 0 Å². The average Bonchev–Trinajstić information content (AvgIpc) is 3.25. The number of ether oxygens (including phenoxy) is 2. The molecule has 0 aliphatic carbocycles. The Labute approximate surface area is 186 Å². The maximum Gasteiger partial charge on any atom is 0.276 e. The molecule has 7 heteroatoms. The van der Waals surface area contributed by atoms with Gasteiger partial charge in [0.1, 0.15) is 23.1 Å². The minimum Gasteiger partial charge on any atom is -0.497 e. The van der Waals surface area contributed by atoms with Gasteiger partial charge in [0.2, 0.25) is 0 Å². The van der Waals surface area contributed by atoms with Gasteiger partial charge in [0, 0.05) is 23.5 Å². The highest BCUT2D eigenvalue weighted by Crippen LogP contribution is 2.30. The first-order valence-corrected chi connectivity index (χ1v) is 10.5. The molecule has 0 bridgehead atoms. The number of aliphatic hydroxyl groups is 1. The van der Waals surface area contributed by atoms with Crippen molar-refractivity contribution < 1.29 is 14.6 Å². The van der Waals surface area contributed by atoms with Gasteiger partial charge < -0.3 is 19.1 Å². The molecule has 2 aromatic carbocycles. The van der Waals surface area contributed by atoms with Crippen LogP contribution >= 0.6 is 0 Å². The number of hydrogen-bond acceptors (Lipinski definition) is 5. The fourth-order valence-corrected chi connectivity index (χ4v) is 3.73. The van der Waals surface area contributed by atoms with Gasteiger partial charge in [0.25, 0.3) is 5.56 Å². The lowest BCUT2D eigenvalue weighted by atomic mass is 10.0. The van der Waals surface area contributed by atoms with Crippen molar-refractivity contribution in [3.63, 3.8) is 0 Å². The van der Waals surface area contributed by atoms with Gasteiger partial charge in [-0.1, -0.05) is 38.1 Å². The summed E-state index contributed by atoms with van der Waals surface area (Å²) in [5.41, 5.74) is 3.70. The van der Waals surface area contributed by atoms with E-state index in [1.807, 2.05) is 12.1 Å². The Balaban J connectivity index is 1.65. The quantitative estimate of drug-likeness (QED) is 0.476. The van der Waals surface area contributed by atoms with Crippen LogP contribution in [-0.2, 0) is 6.54 Å². The zero-order chi connectivity index (χ0) is 22.8. The van der Waals surface area contributed by atoms with Crippen molar-refractivity contribution in [2.45, 2.75) is 32.4 Å². The first-order valence-electron chi connectivity index (χ1n) is 10.5. The minimum atomic E-state index is -0.953. The zero-order valence-corrected chi connectivity index (χ0v) is 18.6. The number of nitrogens with zero attached hydrogens (tertiary/aromatic N) is 3. The Kier molecular flexibility index (Phi) is 6.01. The number of benzene rings is 2. The van der Waals surface area contributed by atoms with E-state index in [1.54, 1.807) is 48.3 Å². The summed E-state index contributed by atoms with van der Waals surface area (Å²) >= 11 is 0. The average molecular weight is 434 g/mol. The van der Waals surface area contributed by atoms with E-state index in [9.17, 15) is 9.90 Å². The number of methoxy groups -OCH3 is 2. The van der Waals surface area contributed by atoms with Crippen molar-refractivity contribution in [2.24, 2.45) is 0 Å². The minimum absolute atomic E-state index is 0.0719. The molecule has 0 fully saturated rings. The maximum absolute atomic E-state index is 13.1. The summed E-state index contributed by atoms with van der Waals surface area (Å²) in [6.45, 7) is 4.37. The van der Waals surface area contributed by atoms with Gasteiger partial charge in [-0.3, -0.25) is 4.79 Å². The first-order chi connectivity index (χ1) is 15.4. The van der Waals surface area contributed by atoms with Crippen molar-refractivity contribution >= 4 is 5.52 Å². The molecule has 2 heterocycles. The van der Waals surface area contributed by atoms with Gasteiger partial charge in [-0.25, -0.2) is 4.52 Å². The summed E-state index contributed by atoms with van der Waals surface area (Å²) in [4.78, 5) is 13.1. The molecule has 0 spiro atoms. The van der Waals surface area contributed by atoms with Crippen LogP contribution in [-0.4, -0.2) is 33.5 Å². The fourth-order valence-electron chi connectivity index (χ4n) is 3.73. The van der Waals surface area contributed by atoms with Gasteiger partial charge in [0.05, 0.1) is 26.5 Å². The Hall–Kier alpha value is -3.58. The Morgan fingerprint density at radius 2 is 1.75 bits per heavy atom. The summed E-state index contributed by atoms with van der Waals surface area (Å²) in [6, 6.07) is 15.2. The lowest BCUT2D eigenvalue weighted by molar-refractivity contribution is 0.151. The Morgan fingerprint density at radius 3 is 2.41 bits per heavy atom. The number of aromatic nitrogens is 3. The monoisotopic (exact) mass is 433 g/mol. The molecule has 0 aliphatic rings. The van der Waals surface area contributed by atoms with Crippen LogP contribution < -0.4 is 15.0 Å². The van der Waals surface area contributed by atoms with Crippen LogP contribution in [0.4, 0.5) is 0 Å². The molecule has 32 heavy (non-hydrogen) atoms. The van der Waals surface area contributed by atoms with Gasteiger partial charge in [-0.15, -0.1) is 0 Å². The number of fused-ring (bicyclic) bond motifs is 1. The molecule has 0 unspecified atom stereocenters. The molecule has 1 atom stereocenters. The normalized spacial score (nSPS) is 12.3. The third-order valence-electron chi connectivity index (χ3n) is 5.64. The van der Waals surface area contributed by atoms with E-state index in [0.29, 0.717) is 28.5 Å². The molecule has 2 aromatic heterocycles. The summed E-state index contributed by atoms with van der Waals surface area (Å²) in [6.07, 6.45) is 2.40. The molecule has 0 saturated carbocycles. The molecule has 0 radical (unpaired) electrons. The Morgan fingerprint density at radius 1 is 1.00 bits per heavy atom. The second-order valence-electron chi connectivity index (χ2n) is 8.02. The van der Waals surface area contributed by atoms with E-state index >= 15 is 0 Å². The summed E-state index contributed by atoms with van der Waals surface area (Å²) in [5.74, 6) is 1.59. The topological polar surface area (TPSA) is 78.0 Å². The summed E-state index contributed by atoms with van der Waals surface area (Å²) in [5, 5.41) is 15.4. The largest absolute Gasteiger partial charge is 0.497 e. The third kappa shape index (κ3) is 4.11. The lowest BCUT2D eigenvalue weighted by Crippen LogP contribution is -2.24. The molecular formula is C25H27N3O4. The van der Waals surface area contributed by atoms with Crippen LogP contribution in [0.15, 0.2) is 65.7 Å². The summed E-state index contributed by atoms with van der Waals surface area (Å²) < 4.78 is 13.7. The van der Waals surface area contributed by atoms with Crippen LogP contribution in [0.3, 0.4) is 0 Å². The Bertz CT molecular complexity index is 1290. The summed E-state index contributed by atoms with van der Waals surface area (Å²) in [7, 11) is 3.10. The number of rotatable bonds is 7. The third-order valence-corrected chi connectivity index (χ3v) is 5.64. The van der Waals surface area contributed by atoms with Gasteiger partial charge in [-0.2, -0.15) is 5.10 Å². The highest BCUT2D eigenvalue weighted by molar-refractivity contribution is 5.65. The van der Waals surface area contributed by atoms with Crippen molar-refractivity contribution in [3.05, 3.63) is 82.4 Å². The molecule has 4 aromatic rings. The molecular weight excluding hydrogens is 406 g/mol. The molecule has 0 amide bonds. The van der Waals surface area contributed by atoms with Crippen molar-refractivity contribution in [1.82, 2.24) is 14.2 Å². The first kappa shape index (κ1) is 21.6. The highest BCUT2D eigenvalue weighted by atomic mass is 16.5. The second kappa shape index (κ2) is 8.88. The predicted octanol–water partition coefficient (Wildman–Crippen LogP) is 4.04. The maximum atomic E-state index is 13.1. The van der Waals surface area contributed by atoms with Crippen molar-refractivity contribution in [1.29, 1.82) is 0 Å².